The van der Waals surface area contributed by atoms with Gasteiger partial charge in [-0.25, -0.2) is 0 Å². The molecule has 0 aromatic carbocycles. The Morgan fingerprint density at radius 1 is 1.41 bits per heavy atom. The number of nitrogens with zero attached hydrogens (tertiary/aromatic N) is 1. The summed E-state index contributed by atoms with van der Waals surface area (Å²) in [4.78, 5) is 15.2. The van der Waals surface area contributed by atoms with Gasteiger partial charge in [-0.15, -0.1) is 0 Å². The lowest BCUT2D eigenvalue weighted by molar-refractivity contribution is -0.143. The van der Waals surface area contributed by atoms with E-state index in [1.807, 2.05) is 6.92 Å². The van der Waals surface area contributed by atoms with Gasteiger partial charge in [-0.2, -0.15) is 0 Å². The lowest BCUT2D eigenvalue weighted by atomic mass is 10.3. The van der Waals surface area contributed by atoms with Gasteiger partial charge in [0.05, 0.1) is 6.61 Å². The van der Waals surface area contributed by atoms with E-state index in [4.69, 9.17) is 4.74 Å². The van der Waals surface area contributed by atoms with Crippen molar-refractivity contribution in [1.82, 2.24) is 10.6 Å². The monoisotopic (exact) mass is 241 g/mol. The molecule has 0 atom stereocenters. The van der Waals surface area contributed by atoms with E-state index in [2.05, 4.69) is 15.6 Å². The van der Waals surface area contributed by atoms with E-state index in [1.54, 1.807) is 7.05 Å². The van der Waals surface area contributed by atoms with Crippen LogP contribution in [0, 0.1) is 5.92 Å². The van der Waals surface area contributed by atoms with Crippen LogP contribution < -0.4 is 10.6 Å². The maximum Gasteiger partial charge on any atom is 0.305 e. The summed E-state index contributed by atoms with van der Waals surface area (Å²) in [7, 11) is 1.76. The molecular formula is C12H23N3O2. The molecule has 1 saturated carbocycles. The standard InChI is InChI=1S/C12H23N3O2/c1-3-17-11(16)5-4-8-14-12(13-2)15-9-10-6-7-10/h10H,3-9H2,1-2H3,(H2,13,14,15). The highest BCUT2D eigenvalue weighted by molar-refractivity contribution is 5.79. The summed E-state index contributed by atoms with van der Waals surface area (Å²) in [5.41, 5.74) is 0. The maximum atomic E-state index is 11.1. The smallest absolute Gasteiger partial charge is 0.305 e. The Hall–Kier alpha value is -1.26. The van der Waals surface area contributed by atoms with Crippen molar-refractivity contribution in [3.05, 3.63) is 0 Å². The first-order chi connectivity index (χ1) is 8.26. The molecule has 5 nitrogen and oxygen atoms in total. The van der Waals surface area contributed by atoms with Crippen LogP contribution >= 0.6 is 0 Å². The lowest BCUT2D eigenvalue weighted by Gasteiger charge is -2.11. The van der Waals surface area contributed by atoms with Gasteiger partial charge in [-0.1, -0.05) is 0 Å². The van der Waals surface area contributed by atoms with Gasteiger partial charge in [-0.3, -0.25) is 9.79 Å². The van der Waals surface area contributed by atoms with Crippen molar-refractivity contribution in [2.45, 2.75) is 32.6 Å². The van der Waals surface area contributed by atoms with Gasteiger partial charge in [0.2, 0.25) is 0 Å². The summed E-state index contributed by atoms with van der Waals surface area (Å²) in [5.74, 6) is 1.52. The number of esters is 1. The fourth-order valence-corrected chi connectivity index (χ4v) is 1.46. The number of hydrogen-bond donors (Lipinski definition) is 2. The Bertz CT molecular complexity index is 262. The van der Waals surface area contributed by atoms with Gasteiger partial charge < -0.3 is 15.4 Å². The quantitative estimate of drug-likeness (QED) is 0.301. The molecule has 2 N–H and O–H groups in total. The molecule has 98 valence electrons. The molecule has 1 fully saturated rings. The molecule has 0 heterocycles. The fourth-order valence-electron chi connectivity index (χ4n) is 1.46. The molecule has 1 aliphatic rings. The summed E-state index contributed by atoms with van der Waals surface area (Å²) >= 11 is 0. The summed E-state index contributed by atoms with van der Waals surface area (Å²) in [6.07, 6.45) is 3.88. The van der Waals surface area contributed by atoms with Gasteiger partial charge in [0.1, 0.15) is 0 Å². The molecule has 17 heavy (non-hydrogen) atoms. The minimum absolute atomic E-state index is 0.129. The topological polar surface area (TPSA) is 62.7 Å². The Balaban J connectivity index is 2.00. The molecule has 1 rings (SSSR count). The van der Waals surface area contributed by atoms with Gasteiger partial charge in [-0.05, 0) is 32.1 Å². The highest BCUT2D eigenvalue weighted by atomic mass is 16.5. The van der Waals surface area contributed by atoms with Crippen molar-refractivity contribution in [2.24, 2.45) is 10.9 Å². The first-order valence-corrected chi connectivity index (χ1v) is 6.36. The number of carbonyl (C=O) groups is 1. The second-order valence-electron chi connectivity index (χ2n) is 4.23. The number of hydrogen-bond acceptors (Lipinski definition) is 3. The van der Waals surface area contributed by atoms with Crippen molar-refractivity contribution >= 4 is 11.9 Å². The van der Waals surface area contributed by atoms with Crippen molar-refractivity contribution in [1.29, 1.82) is 0 Å². The summed E-state index contributed by atoms with van der Waals surface area (Å²) in [5, 5.41) is 6.45. The van der Waals surface area contributed by atoms with Crippen LogP contribution in [0.4, 0.5) is 0 Å². The third kappa shape index (κ3) is 6.81. The van der Waals surface area contributed by atoms with E-state index in [0.29, 0.717) is 13.0 Å². The SMILES string of the molecule is CCOC(=O)CCCNC(=NC)NCC1CC1. The zero-order valence-corrected chi connectivity index (χ0v) is 10.8. The van der Waals surface area contributed by atoms with E-state index in [-0.39, 0.29) is 5.97 Å². The second-order valence-corrected chi connectivity index (χ2v) is 4.23. The van der Waals surface area contributed by atoms with Gasteiger partial charge in [0, 0.05) is 26.6 Å². The molecule has 0 aliphatic heterocycles. The molecule has 1 aliphatic carbocycles. The molecule has 0 spiro atoms. The summed E-state index contributed by atoms with van der Waals surface area (Å²) in [6.45, 7) is 4.01. The van der Waals surface area contributed by atoms with Crippen molar-refractivity contribution < 1.29 is 9.53 Å². The number of nitrogens with one attached hydrogen (secondary N) is 2. The van der Waals surface area contributed by atoms with Crippen LogP contribution in [0.5, 0.6) is 0 Å². The highest BCUT2D eigenvalue weighted by Crippen LogP contribution is 2.27. The zero-order valence-electron chi connectivity index (χ0n) is 10.8. The molecular weight excluding hydrogens is 218 g/mol. The van der Waals surface area contributed by atoms with Crippen molar-refractivity contribution in [3.63, 3.8) is 0 Å². The van der Waals surface area contributed by atoms with Crippen LogP contribution in [0.15, 0.2) is 4.99 Å². The molecule has 0 aromatic heterocycles. The van der Waals surface area contributed by atoms with Crippen LogP contribution in [0.1, 0.15) is 32.6 Å². The number of ether oxygens (including phenoxy) is 1. The maximum absolute atomic E-state index is 11.1. The predicted molar refractivity (Wildman–Crippen MR) is 68.0 cm³/mol. The molecule has 0 amide bonds. The van der Waals surface area contributed by atoms with Crippen molar-refractivity contribution in [2.75, 3.05) is 26.7 Å². The van der Waals surface area contributed by atoms with Gasteiger partial charge in [0.25, 0.3) is 0 Å². The van der Waals surface area contributed by atoms with Crippen LogP contribution in [0.25, 0.3) is 0 Å². The van der Waals surface area contributed by atoms with E-state index >= 15 is 0 Å². The second kappa shape index (κ2) is 7.92. The summed E-state index contributed by atoms with van der Waals surface area (Å²) in [6, 6.07) is 0. The van der Waals surface area contributed by atoms with Gasteiger partial charge in [0.15, 0.2) is 5.96 Å². The Labute approximate surface area is 103 Å². The van der Waals surface area contributed by atoms with Crippen LogP contribution in [-0.4, -0.2) is 38.7 Å². The number of carbonyl (C=O) groups excluding carboxylic acids is 1. The van der Waals surface area contributed by atoms with Gasteiger partial charge >= 0.3 is 5.97 Å². The number of guanidine groups is 1. The lowest BCUT2D eigenvalue weighted by Crippen LogP contribution is -2.38. The van der Waals surface area contributed by atoms with Crippen LogP contribution in [-0.2, 0) is 9.53 Å². The van der Waals surface area contributed by atoms with Crippen LogP contribution in [0.3, 0.4) is 0 Å². The minimum atomic E-state index is -0.129. The molecule has 0 aromatic rings. The first-order valence-electron chi connectivity index (χ1n) is 6.36. The Kier molecular flexibility index (Phi) is 6.43. The largest absolute Gasteiger partial charge is 0.466 e. The first kappa shape index (κ1) is 13.8. The third-order valence-electron chi connectivity index (χ3n) is 2.63. The normalized spacial score (nSPS) is 15.5. The van der Waals surface area contributed by atoms with E-state index in [9.17, 15) is 4.79 Å². The van der Waals surface area contributed by atoms with E-state index in [1.165, 1.54) is 12.8 Å². The minimum Gasteiger partial charge on any atom is -0.466 e. The molecule has 0 saturated heterocycles. The molecule has 0 bridgehead atoms. The molecule has 5 heteroatoms. The Morgan fingerprint density at radius 2 is 2.18 bits per heavy atom. The zero-order chi connectivity index (χ0) is 12.5. The molecule has 0 radical (unpaired) electrons. The predicted octanol–water partition coefficient (Wildman–Crippen LogP) is 0.905. The number of rotatable bonds is 7. The molecule has 0 unspecified atom stereocenters. The Morgan fingerprint density at radius 3 is 2.76 bits per heavy atom. The highest BCUT2D eigenvalue weighted by Gasteiger charge is 2.20. The average molecular weight is 241 g/mol. The fraction of sp³-hybridized carbons (Fsp3) is 0.833. The van der Waals surface area contributed by atoms with E-state index in [0.717, 1.165) is 31.4 Å². The summed E-state index contributed by atoms with van der Waals surface area (Å²) < 4.78 is 4.85. The van der Waals surface area contributed by atoms with E-state index < -0.39 is 0 Å². The number of aliphatic imine (C=N–C) groups is 1. The average Bonchev–Trinajstić information content (AvgIpc) is 3.12. The third-order valence-corrected chi connectivity index (χ3v) is 2.63. The van der Waals surface area contributed by atoms with Crippen LogP contribution in [0.2, 0.25) is 0 Å². The van der Waals surface area contributed by atoms with Crippen molar-refractivity contribution in [3.8, 4) is 0 Å².